The van der Waals surface area contributed by atoms with Crippen LogP contribution in [0.3, 0.4) is 0 Å². The summed E-state index contributed by atoms with van der Waals surface area (Å²) in [5.74, 6) is -0.551. The van der Waals surface area contributed by atoms with Gasteiger partial charge in [0.25, 0.3) is 5.91 Å². The van der Waals surface area contributed by atoms with Gasteiger partial charge in [-0.3, -0.25) is 9.69 Å². The molecule has 0 bridgehead atoms. The highest BCUT2D eigenvalue weighted by Crippen LogP contribution is 2.30. The Balaban J connectivity index is 1.90. The molecular weight excluding hydrogens is 349 g/mol. The third kappa shape index (κ3) is 4.14. The van der Waals surface area contributed by atoms with Crippen molar-refractivity contribution in [3.63, 3.8) is 0 Å². The second kappa shape index (κ2) is 8.19. The van der Waals surface area contributed by atoms with Gasteiger partial charge in [-0.1, -0.05) is 48.4 Å². The number of hydrogen-bond donors (Lipinski definition) is 0. The van der Waals surface area contributed by atoms with E-state index in [0.717, 1.165) is 29.0 Å². The molecule has 0 fully saturated rings. The molecule has 0 N–H and O–H groups in total. The number of carbonyl (C=O) groups is 1. The molecule has 1 aromatic heterocycles. The van der Waals surface area contributed by atoms with E-state index in [1.165, 1.54) is 35.6 Å². The second-order valence-electron chi connectivity index (χ2n) is 6.08. The number of halogens is 1. The first-order valence-electron chi connectivity index (χ1n) is 8.56. The maximum atomic E-state index is 13.2. The van der Waals surface area contributed by atoms with Crippen molar-refractivity contribution < 1.29 is 9.18 Å². The van der Waals surface area contributed by atoms with Gasteiger partial charge in [-0.15, -0.1) is 10.2 Å². The van der Waals surface area contributed by atoms with E-state index in [4.69, 9.17) is 0 Å². The van der Waals surface area contributed by atoms with Gasteiger partial charge in [-0.2, -0.15) is 0 Å². The number of aryl methyl sites for hydroxylation is 1. The van der Waals surface area contributed by atoms with Crippen molar-refractivity contribution in [2.45, 2.75) is 26.7 Å². The summed E-state index contributed by atoms with van der Waals surface area (Å²) in [6, 6.07) is 13.6. The number of benzene rings is 2. The summed E-state index contributed by atoms with van der Waals surface area (Å²) in [4.78, 5) is 14.5. The molecule has 0 aliphatic carbocycles. The third-order valence-electron chi connectivity index (χ3n) is 3.98. The molecular formula is C20H20FN3OS. The highest BCUT2D eigenvalue weighted by Gasteiger charge is 2.21. The zero-order chi connectivity index (χ0) is 18.5. The first-order chi connectivity index (χ1) is 12.6. The van der Waals surface area contributed by atoms with E-state index in [1.807, 2.05) is 31.2 Å². The quantitative estimate of drug-likeness (QED) is 0.607. The Kier molecular flexibility index (Phi) is 5.73. The molecule has 0 radical (unpaired) electrons. The van der Waals surface area contributed by atoms with E-state index in [9.17, 15) is 9.18 Å². The molecule has 3 rings (SSSR count). The van der Waals surface area contributed by atoms with Gasteiger partial charge >= 0.3 is 0 Å². The van der Waals surface area contributed by atoms with Crippen molar-refractivity contribution in [1.82, 2.24) is 10.2 Å². The number of carbonyl (C=O) groups excluding carboxylic acids is 1. The first kappa shape index (κ1) is 18.2. The Morgan fingerprint density at radius 2 is 1.92 bits per heavy atom. The van der Waals surface area contributed by atoms with E-state index in [-0.39, 0.29) is 11.7 Å². The van der Waals surface area contributed by atoms with Gasteiger partial charge in [-0.25, -0.2) is 4.39 Å². The molecule has 0 aliphatic heterocycles. The fraction of sp³-hybridized carbons (Fsp3) is 0.250. The van der Waals surface area contributed by atoms with Crippen LogP contribution in [0.4, 0.5) is 9.52 Å². The lowest BCUT2D eigenvalue weighted by Gasteiger charge is -2.19. The molecule has 3 aromatic rings. The van der Waals surface area contributed by atoms with E-state index >= 15 is 0 Å². The number of amides is 1. The van der Waals surface area contributed by atoms with E-state index in [1.54, 1.807) is 4.90 Å². The average molecular weight is 369 g/mol. The Labute approximate surface area is 156 Å². The van der Waals surface area contributed by atoms with Crippen LogP contribution in [0.1, 0.15) is 35.7 Å². The fourth-order valence-corrected chi connectivity index (χ4v) is 3.43. The largest absolute Gasteiger partial charge is 0.283 e. The van der Waals surface area contributed by atoms with E-state index in [2.05, 4.69) is 17.1 Å². The molecule has 0 spiro atoms. The van der Waals surface area contributed by atoms with Crippen LogP contribution in [0.25, 0.3) is 10.6 Å². The predicted molar refractivity (Wildman–Crippen MR) is 103 cm³/mol. The average Bonchev–Trinajstić information content (AvgIpc) is 3.12. The third-order valence-corrected chi connectivity index (χ3v) is 4.98. The van der Waals surface area contributed by atoms with Crippen molar-refractivity contribution in [3.8, 4) is 10.6 Å². The standard InChI is InChI=1S/C20H20FN3OS/c1-3-4-12-24(19(25)15-8-10-17(21)11-9-15)20-23-22-18(26-20)16-7-5-6-14(2)13-16/h5-11,13H,3-4,12H2,1-2H3. The summed E-state index contributed by atoms with van der Waals surface area (Å²) in [6.45, 7) is 4.64. The van der Waals surface area contributed by atoms with Crippen LogP contribution >= 0.6 is 11.3 Å². The second-order valence-corrected chi connectivity index (χ2v) is 7.03. The van der Waals surface area contributed by atoms with Crippen LogP contribution in [0.5, 0.6) is 0 Å². The SMILES string of the molecule is CCCCN(C(=O)c1ccc(F)cc1)c1nnc(-c2cccc(C)c2)s1. The molecule has 4 nitrogen and oxygen atoms in total. The van der Waals surface area contributed by atoms with Crippen molar-refractivity contribution >= 4 is 22.4 Å². The number of aromatic nitrogens is 2. The van der Waals surface area contributed by atoms with Gasteiger partial charge in [0.2, 0.25) is 5.13 Å². The molecule has 0 aliphatic rings. The molecule has 0 unspecified atom stereocenters. The van der Waals surface area contributed by atoms with Gasteiger partial charge in [0.15, 0.2) is 0 Å². The predicted octanol–water partition coefficient (Wildman–Crippen LogP) is 5.10. The molecule has 0 saturated carbocycles. The molecule has 26 heavy (non-hydrogen) atoms. The Bertz CT molecular complexity index is 892. The van der Waals surface area contributed by atoms with Crippen LogP contribution < -0.4 is 4.90 Å². The number of nitrogens with zero attached hydrogens (tertiary/aromatic N) is 3. The molecule has 6 heteroatoms. The Morgan fingerprint density at radius 3 is 2.62 bits per heavy atom. The zero-order valence-corrected chi connectivity index (χ0v) is 15.6. The minimum atomic E-state index is -0.362. The highest BCUT2D eigenvalue weighted by molar-refractivity contribution is 7.18. The van der Waals surface area contributed by atoms with E-state index < -0.39 is 0 Å². The lowest BCUT2D eigenvalue weighted by Crippen LogP contribution is -2.31. The lowest BCUT2D eigenvalue weighted by molar-refractivity contribution is 0.0986. The number of unbranched alkanes of at least 4 members (excludes halogenated alkanes) is 1. The van der Waals surface area contributed by atoms with Crippen molar-refractivity contribution in [1.29, 1.82) is 0 Å². The Hall–Kier alpha value is -2.60. The van der Waals surface area contributed by atoms with Crippen LogP contribution in [0, 0.1) is 12.7 Å². The molecule has 0 saturated heterocycles. The van der Waals surface area contributed by atoms with Crippen LogP contribution in [0.2, 0.25) is 0 Å². The normalized spacial score (nSPS) is 10.7. The minimum absolute atomic E-state index is 0.189. The van der Waals surface area contributed by atoms with Crippen LogP contribution in [-0.4, -0.2) is 22.6 Å². The number of hydrogen-bond acceptors (Lipinski definition) is 4. The van der Waals surface area contributed by atoms with Gasteiger partial charge in [0.05, 0.1) is 0 Å². The van der Waals surface area contributed by atoms with Gasteiger partial charge in [0, 0.05) is 17.7 Å². The van der Waals surface area contributed by atoms with Crippen molar-refractivity contribution in [3.05, 3.63) is 65.5 Å². The summed E-state index contributed by atoms with van der Waals surface area (Å²) in [5.41, 5.74) is 2.57. The van der Waals surface area contributed by atoms with Crippen LogP contribution in [-0.2, 0) is 0 Å². The monoisotopic (exact) mass is 369 g/mol. The van der Waals surface area contributed by atoms with Gasteiger partial charge < -0.3 is 0 Å². The van der Waals surface area contributed by atoms with E-state index in [0.29, 0.717) is 17.2 Å². The van der Waals surface area contributed by atoms with Gasteiger partial charge in [-0.05, 0) is 43.7 Å². The zero-order valence-electron chi connectivity index (χ0n) is 14.8. The van der Waals surface area contributed by atoms with Crippen molar-refractivity contribution in [2.24, 2.45) is 0 Å². The summed E-state index contributed by atoms with van der Waals surface area (Å²) in [7, 11) is 0. The lowest BCUT2D eigenvalue weighted by atomic mass is 10.1. The summed E-state index contributed by atoms with van der Waals surface area (Å²) >= 11 is 1.39. The van der Waals surface area contributed by atoms with Gasteiger partial charge in [0.1, 0.15) is 10.8 Å². The Morgan fingerprint density at radius 1 is 1.15 bits per heavy atom. The number of rotatable bonds is 6. The summed E-state index contributed by atoms with van der Waals surface area (Å²) in [5, 5.41) is 9.84. The van der Waals surface area contributed by atoms with Crippen LogP contribution in [0.15, 0.2) is 48.5 Å². The fourth-order valence-electron chi connectivity index (χ4n) is 2.57. The molecule has 134 valence electrons. The first-order valence-corrected chi connectivity index (χ1v) is 9.38. The minimum Gasteiger partial charge on any atom is -0.283 e. The molecule has 2 aromatic carbocycles. The molecule has 1 amide bonds. The number of anilines is 1. The highest BCUT2D eigenvalue weighted by atomic mass is 32.1. The molecule has 1 heterocycles. The summed E-state index contributed by atoms with van der Waals surface area (Å²) in [6.07, 6.45) is 1.81. The molecule has 0 atom stereocenters. The maximum Gasteiger partial charge on any atom is 0.260 e. The summed E-state index contributed by atoms with van der Waals surface area (Å²) < 4.78 is 13.2. The van der Waals surface area contributed by atoms with Crippen molar-refractivity contribution in [2.75, 3.05) is 11.4 Å². The topological polar surface area (TPSA) is 46.1 Å². The maximum absolute atomic E-state index is 13.2. The smallest absolute Gasteiger partial charge is 0.260 e.